The van der Waals surface area contributed by atoms with Gasteiger partial charge in [-0.25, -0.2) is 18.1 Å². The number of benzene rings is 1. The summed E-state index contributed by atoms with van der Waals surface area (Å²) < 4.78 is 60.7. The Morgan fingerprint density at radius 3 is 2.32 bits per heavy atom. The molecule has 0 atom stereocenters. The van der Waals surface area contributed by atoms with E-state index in [1.165, 1.54) is 4.90 Å². The van der Waals surface area contributed by atoms with Crippen LogP contribution in [0.15, 0.2) is 47.6 Å². The van der Waals surface area contributed by atoms with E-state index in [9.17, 15) is 31.2 Å². The molecule has 1 aromatic carbocycles. The third-order valence-electron chi connectivity index (χ3n) is 4.24. The second-order valence-corrected chi connectivity index (χ2v) is 8.05. The molecule has 3 amide bonds. The number of alkyl halides is 3. The number of pyridine rings is 1. The summed E-state index contributed by atoms with van der Waals surface area (Å²) in [5, 5.41) is 0. The highest BCUT2D eigenvalue weighted by Gasteiger charge is 2.47. The zero-order valence-corrected chi connectivity index (χ0v) is 15.3. The predicted octanol–water partition coefficient (Wildman–Crippen LogP) is 2.65. The van der Waals surface area contributed by atoms with Crippen LogP contribution >= 0.6 is 0 Å². The molecule has 0 spiro atoms. The highest BCUT2D eigenvalue weighted by molar-refractivity contribution is 7.92. The third-order valence-corrected chi connectivity index (χ3v) is 5.75. The first-order valence-corrected chi connectivity index (χ1v) is 9.43. The number of amides is 3. The van der Waals surface area contributed by atoms with Crippen LogP contribution in [0.2, 0.25) is 0 Å². The number of sulfone groups is 1. The van der Waals surface area contributed by atoms with Gasteiger partial charge in [0.25, 0.3) is 15.7 Å². The highest BCUT2D eigenvalue weighted by Crippen LogP contribution is 2.32. The van der Waals surface area contributed by atoms with Crippen LogP contribution in [0.25, 0.3) is 0 Å². The Hall–Kier alpha value is -2.95. The molecule has 148 valence electrons. The summed E-state index contributed by atoms with van der Waals surface area (Å²) in [4.78, 5) is 29.9. The molecule has 2 heterocycles. The Kier molecular flexibility index (Phi) is 4.88. The molecule has 0 N–H and O–H groups in total. The number of urea groups is 1. The van der Waals surface area contributed by atoms with Crippen LogP contribution in [-0.4, -0.2) is 42.3 Å². The molecular formula is C17H14F3N3O4S. The van der Waals surface area contributed by atoms with Gasteiger partial charge in [0.1, 0.15) is 6.54 Å². The van der Waals surface area contributed by atoms with Crippen molar-refractivity contribution < 1.29 is 31.2 Å². The number of hydrogen-bond acceptors (Lipinski definition) is 5. The van der Waals surface area contributed by atoms with Crippen molar-refractivity contribution in [1.29, 1.82) is 0 Å². The molecule has 7 nitrogen and oxygen atoms in total. The largest absolute Gasteiger partial charge is 0.501 e. The van der Waals surface area contributed by atoms with Crippen molar-refractivity contribution in [3.05, 3.63) is 53.9 Å². The van der Waals surface area contributed by atoms with E-state index in [1.807, 2.05) is 6.92 Å². The van der Waals surface area contributed by atoms with Gasteiger partial charge in [-0.1, -0.05) is 0 Å². The standard InChI is InChI=1S/C17H14F3N3O4S/c1-11-8-21-7-6-12(11)9-22-10-15(24)23(16(22)25)13-2-4-14(5-3-13)28(26,27)17(18,19)20/h2-8H,9-10H2,1H3. The van der Waals surface area contributed by atoms with Crippen molar-refractivity contribution in [3.8, 4) is 0 Å². The van der Waals surface area contributed by atoms with Gasteiger partial charge >= 0.3 is 11.5 Å². The van der Waals surface area contributed by atoms with E-state index in [0.29, 0.717) is 12.1 Å². The number of hydrogen-bond donors (Lipinski definition) is 0. The summed E-state index contributed by atoms with van der Waals surface area (Å²) in [7, 11) is -5.50. The first-order chi connectivity index (χ1) is 13.0. The van der Waals surface area contributed by atoms with Crippen LogP contribution in [0.4, 0.5) is 23.7 Å². The molecule has 1 saturated heterocycles. The predicted molar refractivity (Wildman–Crippen MR) is 91.9 cm³/mol. The van der Waals surface area contributed by atoms with Gasteiger partial charge in [0.05, 0.1) is 10.6 Å². The molecule has 2 aromatic rings. The fraction of sp³-hybridized carbons (Fsp3) is 0.235. The molecule has 0 aliphatic carbocycles. The fourth-order valence-electron chi connectivity index (χ4n) is 2.72. The van der Waals surface area contributed by atoms with Gasteiger partial charge in [-0.3, -0.25) is 9.78 Å². The van der Waals surface area contributed by atoms with Crippen molar-refractivity contribution in [1.82, 2.24) is 9.88 Å². The maximum absolute atomic E-state index is 12.6. The summed E-state index contributed by atoms with van der Waals surface area (Å²) in [5.41, 5.74) is -3.81. The van der Waals surface area contributed by atoms with Crippen LogP contribution < -0.4 is 4.90 Å². The van der Waals surface area contributed by atoms with Crippen LogP contribution in [0.1, 0.15) is 11.1 Å². The van der Waals surface area contributed by atoms with Gasteiger partial charge in [-0.05, 0) is 48.4 Å². The Labute approximate surface area is 158 Å². The number of imide groups is 1. The topological polar surface area (TPSA) is 87.7 Å². The minimum absolute atomic E-state index is 0.00919. The normalized spacial score (nSPS) is 15.4. The molecule has 28 heavy (non-hydrogen) atoms. The molecule has 1 aliphatic rings. The summed E-state index contributed by atoms with van der Waals surface area (Å²) in [6.45, 7) is 1.77. The molecular weight excluding hydrogens is 399 g/mol. The lowest BCUT2D eigenvalue weighted by Crippen LogP contribution is -2.33. The summed E-state index contributed by atoms with van der Waals surface area (Å²) in [6, 6.07) is 4.49. The Morgan fingerprint density at radius 1 is 1.11 bits per heavy atom. The minimum Gasteiger partial charge on any atom is -0.310 e. The van der Waals surface area contributed by atoms with E-state index in [2.05, 4.69) is 4.98 Å². The van der Waals surface area contributed by atoms with E-state index in [4.69, 9.17) is 0 Å². The maximum atomic E-state index is 12.6. The van der Waals surface area contributed by atoms with Gasteiger partial charge in [0, 0.05) is 18.9 Å². The Balaban J connectivity index is 1.83. The first kappa shape index (κ1) is 19.8. The SMILES string of the molecule is Cc1cnccc1CN1CC(=O)N(c2ccc(S(=O)(=O)C(F)(F)F)cc2)C1=O. The van der Waals surface area contributed by atoms with E-state index in [-0.39, 0.29) is 18.8 Å². The Bertz CT molecular complexity index is 1040. The quantitative estimate of drug-likeness (QED) is 0.720. The highest BCUT2D eigenvalue weighted by atomic mass is 32.2. The lowest BCUT2D eigenvalue weighted by Gasteiger charge is -2.18. The lowest BCUT2D eigenvalue weighted by atomic mass is 10.1. The number of nitrogens with zero attached hydrogens (tertiary/aromatic N) is 3. The number of anilines is 1. The van der Waals surface area contributed by atoms with Crippen molar-refractivity contribution in [3.63, 3.8) is 0 Å². The number of rotatable bonds is 4. The minimum atomic E-state index is -5.50. The maximum Gasteiger partial charge on any atom is 0.501 e. The van der Waals surface area contributed by atoms with Crippen LogP contribution in [-0.2, 0) is 21.2 Å². The van der Waals surface area contributed by atoms with Gasteiger partial charge in [0.2, 0.25) is 0 Å². The van der Waals surface area contributed by atoms with Gasteiger partial charge in [-0.15, -0.1) is 0 Å². The molecule has 0 unspecified atom stereocenters. The lowest BCUT2D eigenvalue weighted by molar-refractivity contribution is -0.116. The first-order valence-electron chi connectivity index (χ1n) is 7.95. The molecule has 0 bridgehead atoms. The van der Waals surface area contributed by atoms with Crippen molar-refractivity contribution in [2.24, 2.45) is 0 Å². The number of halogens is 3. The molecule has 1 aliphatic heterocycles. The molecule has 11 heteroatoms. The number of carbonyl (C=O) groups excluding carboxylic acids is 2. The molecule has 1 fully saturated rings. The number of aryl methyl sites for hydroxylation is 1. The molecule has 1 aromatic heterocycles. The molecule has 3 rings (SSSR count). The van der Waals surface area contributed by atoms with Crippen molar-refractivity contribution in [2.75, 3.05) is 11.4 Å². The number of aromatic nitrogens is 1. The monoisotopic (exact) mass is 413 g/mol. The fourth-order valence-corrected chi connectivity index (χ4v) is 3.48. The van der Waals surface area contributed by atoms with Crippen LogP contribution in [0.3, 0.4) is 0 Å². The zero-order valence-electron chi connectivity index (χ0n) is 14.5. The second-order valence-electron chi connectivity index (χ2n) is 6.11. The Morgan fingerprint density at radius 2 is 1.75 bits per heavy atom. The van der Waals surface area contributed by atoms with Gasteiger partial charge in [0.15, 0.2) is 0 Å². The molecule has 0 saturated carbocycles. The van der Waals surface area contributed by atoms with E-state index >= 15 is 0 Å². The van der Waals surface area contributed by atoms with Crippen molar-refractivity contribution in [2.45, 2.75) is 23.9 Å². The van der Waals surface area contributed by atoms with Crippen LogP contribution in [0.5, 0.6) is 0 Å². The molecule has 0 radical (unpaired) electrons. The van der Waals surface area contributed by atoms with Crippen molar-refractivity contribution >= 4 is 27.5 Å². The van der Waals surface area contributed by atoms with Crippen LogP contribution in [0, 0.1) is 6.92 Å². The number of carbonyl (C=O) groups is 2. The van der Waals surface area contributed by atoms with Gasteiger partial charge < -0.3 is 4.90 Å². The summed E-state index contributed by atoms with van der Waals surface area (Å²) in [6.07, 6.45) is 3.18. The summed E-state index contributed by atoms with van der Waals surface area (Å²) >= 11 is 0. The average Bonchev–Trinajstić information content (AvgIpc) is 2.89. The average molecular weight is 413 g/mol. The van der Waals surface area contributed by atoms with Gasteiger partial charge in [-0.2, -0.15) is 13.2 Å². The zero-order chi connectivity index (χ0) is 20.7. The second kappa shape index (κ2) is 6.89. The smallest absolute Gasteiger partial charge is 0.310 e. The van der Waals surface area contributed by atoms with E-state index in [0.717, 1.165) is 28.2 Å². The summed E-state index contributed by atoms with van der Waals surface area (Å²) in [5.74, 6) is -0.567. The van der Waals surface area contributed by atoms with E-state index in [1.54, 1.807) is 18.5 Å². The third kappa shape index (κ3) is 3.44. The van der Waals surface area contributed by atoms with E-state index < -0.39 is 32.2 Å².